The Hall–Kier alpha value is -4.09. The van der Waals surface area contributed by atoms with Gasteiger partial charge in [-0.2, -0.15) is 0 Å². The molecular formula is C33H35N3O2. The summed E-state index contributed by atoms with van der Waals surface area (Å²) in [5, 5.41) is 0. The van der Waals surface area contributed by atoms with E-state index in [1.165, 1.54) is 5.56 Å². The molecule has 1 aliphatic rings. The molecule has 38 heavy (non-hydrogen) atoms. The van der Waals surface area contributed by atoms with Crippen molar-refractivity contribution >= 4 is 12.0 Å². The van der Waals surface area contributed by atoms with Crippen molar-refractivity contribution in [1.82, 2.24) is 14.4 Å². The Morgan fingerprint density at radius 2 is 1.53 bits per heavy atom. The molecule has 1 fully saturated rings. The molecule has 1 saturated heterocycles. The maximum Gasteiger partial charge on any atom is 0.255 e. The smallest absolute Gasteiger partial charge is 0.255 e. The molecule has 1 aromatic heterocycles. The zero-order chi connectivity index (χ0) is 26.3. The topological polar surface area (TPSA) is 37.7 Å². The molecule has 5 heteroatoms. The third-order valence-electron chi connectivity index (χ3n) is 7.09. The minimum Gasteiger partial charge on any atom is -0.492 e. The number of nitrogens with zero attached hydrogens (tertiary/aromatic N) is 3. The fraction of sp³-hybridized carbons (Fsp3) is 0.242. The lowest BCUT2D eigenvalue weighted by Gasteiger charge is -2.34. The van der Waals surface area contributed by atoms with E-state index >= 15 is 0 Å². The SMILES string of the molecule is CCOc1ccccc1-n1c(-c2ccccc2)cc(C(=O)N2CCN(C/C=C/c3ccccc3)CC2)c1C. The number of aromatic nitrogens is 1. The third kappa shape index (κ3) is 5.58. The Kier molecular flexibility index (Phi) is 8.05. The van der Waals surface area contributed by atoms with Crippen LogP contribution in [0.2, 0.25) is 0 Å². The van der Waals surface area contributed by atoms with Gasteiger partial charge < -0.3 is 14.2 Å². The van der Waals surface area contributed by atoms with Crippen molar-refractivity contribution < 1.29 is 9.53 Å². The number of amides is 1. The highest BCUT2D eigenvalue weighted by Crippen LogP contribution is 2.34. The van der Waals surface area contributed by atoms with Crippen LogP contribution >= 0.6 is 0 Å². The van der Waals surface area contributed by atoms with Crippen LogP contribution in [0.4, 0.5) is 0 Å². The van der Waals surface area contributed by atoms with Gasteiger partial charge in [-0.15, -0.1) is 0 Å². The number of ether oxygens (including phenoxy) is 1. The van der Waals surface area contributed by atoms with Gasteiger partial charge in [-0.1, -0.05) is 84.9 Å². The van der Waals surface area contributed by atoms with Crippen LogP contribution in [0.3, 0.4) is 0 Å². The summed E-state index contributed by atoms with van der Waals surface area (Å²) >= 11 is 0. The molecule has 0 N–H and O–H groups in total. The predicted octanol–water partition coefficient (Wildman–Crippen LogP) is 6.32. The molecule has 194 valence electrons. The van der Waals surface area contributed by atoms with Crippen LogP contribution in [-0.4, -0.2) is 59.6 Å². The van der Waals surface area contributed by atoms with E-state index in [1.807, 2.05) is 67.3 Å². The Morgan fingerprint density at radius 1 is 0.868 bits per heavy atom. The predicted molar refractivity (Wildman–Crippen MR) is 155 cm³/mol. The molecule has 0 aliphatic carbocycles. The minimum absolute atomic E-state index is 0.0896. The molecule has 0 saturated carbocycles. The van der Waals surface area contributed by atoms with Gasteiger partial charge >= 0.3 is 0 Å². The molecule has 0 radical (unpaired) electrons. The Bertz CT molecular complexity index is 1380. The minimum atomic E-state index is 0.0896. The second-order valence-corrected chi connectivity index (χ2v) is 9.54. The molecule has 5 rings (SSSR count). The molecule has 4 aromatic rings. The summed E-state index contributed by atoms with van der Waals surface area (Å²) in [5.41, 5.74) is 5.88. The summed E-state index contributed by atoms with van der Waals surface area (Å²) in [6.07, 6.45) is 4.37. The van der Waals surface area contributed by atoms with Crippen molar-refractivity contribution in [2.24, 2.45) is 0 Å². The van der Waals surface area contributed by atoms with E-state index in [9.17, 15) is 4.79 Å². The number of carbonyl (C=O) groups excluding carboxylic acids is 1. The van der Waals surface area contributed by atoms with E-state index in [1.54, 1.807) is 0 Å². The first-order chi connectivity index (χ1) is 18.7. The average Bonchev–Trinajstić information content (AvgIpc) is 3.31. The number of carbonyl (C=O) groups is 1. The molecular weight excluding hydrogens is 470 g/mol. The van der Waals surface area contributed by atoms with Crippen molar-refractivity contribution in [3.8, 4) is 22.7 Å². The van der Waals surface area contributed by atoms with Gasteiger partial charge in [0.05, 0.1) is 23.6 Å². The summed E-state index contributed by atoms with van der Waals surface area (Å²) in [6, 6.07) is 30.7. The zero-order valence-electron chi connectivity index (χ0n) is 22.2. The Labute approximate surface area is 225 Å². The van der Waals surface area contributed by atoms with E-state index < -0.39 is 0 Å². The molecule has 0 atom stereocenters. The van der Waals surface area contributed by atoms with Crippen LogP contribution < -0.4 is 4.74 Å². The maximum absolute atomic E-state index is 13.8. The second kappa shape index (κ2) is 12.0. The summed E-state index contributed by atoms with van der Waals surface area (Å²) in [4.78, 5) is 18.2. The Morgan fingerprint density at radius 3 is 2.24 bits per heavy atom. The normalized spacial score (nSPS) is 14.2. The highest BCUT2D eigenvalue weighted by Gasteiger charge is 2.27. The molecule has 1 amide bonds. The van der Waals surface area contributed by atoms with Gasteiger partial charge in [0.2, 0.25) is 0 Å². The van der Waals surface area contributed by atoms with Crippen molar-refractivity contribution in [2.75, 3.05) is 39.3 Å². The molecule has 0 unspecified atom stereocenters. The lowest BCUT2D eigenvalue weighted by Crippen LogP contribution is -2.48. The number of para-hydroxylation sites is 2. The zero-order valence-corrected chi connectivity index (χ0v) is 22.2. The van der Waals surface area contributed by atoms with E-state index in [0.29, 0.717) is 6.61 Å². The lowest BCUT2D eigenvalue weighted by atomic mass is 10.1. The van der Waals surface area contributed by atoms with Gasteiger partial charge in [-0.05, 0) is 43.2 Å². The Balaban J connectivity index is 1.37. The van der Waals surface area contributed by atoms with Gasteiger partial charge in [0.15, 0.2) is 0 Å². The number of benzene rings is 3. The van der Waals surface area contributed by atoms with Crippen LogP contribution in [0.25, 0.3) is 23.0 Å². The number of rotatable bonds is 8. The average molecular weight is 506 g/mol. The molecule has 0 spiro atoms. The van der Waals surface area contributed by atoms with Gasteiger partial charge in [0.25, 0.3) is 5.91 Å². The van der Waals surface area contributed by atoms with Crippen LogP contribution in [-0.2, 0) is 0 Å². The van der Waals surface area contributed by atoms with Gasteiger partial charge in [0, 0.05) is 38.4 Å². The van der Waals surface area contributed by atoms with Crippen LogP contribution in [0.5, 0.6) is 5.75 Å². The monoisotopic (exact) mass is 505 g/mol. The third-order valence-corrected chi connectivity index (χ3v) is 7.09. The van der Waals surface area contributed by atoms with Crippen LogP contribution in [0.15, 0.2) is 97.1 Å². The van der Waals surface area contributed by atoms with Gasteiger partial charge in [-0.25, -0.2) is 0 Å². The fourth-order valence-electron chi connectivity index (χ4n) is 5.08. The first-order valence-corrected chi connectivity index (χ1v) is 13.4. The fourth-order valence-corrected chi connectivity index (χ4v) is 5.08. The van der Waals surface area contributed by atoms with E-state index in [-0.39, 0.29) is 5.91 Å². The van der Waals surface area contributed by atoms with Crippen molar-refractivity contribution in [1.29, 1.82) is 0 Å². The van der Waals surface area contributed by atoms with Crippen molar-refractivity contribution in [2.45, 2.75) is 13.8 Å². The molecule has 0 bridgehead atoms. The van der Waals surface area contributed by atoms with Crippen LogP contribution in [0.1, 0.15) is 28.5 Å². The van der Waals surface area contributed by atoms with Gasteiger partial charge in [0.1, 0.15) is 5.75 Å². The van der Waals surface area contributed by atoms with E-state index in [4.69, 9.17) is 4.74 Å². The van der Waals surface area contributed by atoms with E-state index in [2.05, 4.69) is 64.1 Å². The van der Waals surface area contributed by atoms with Crippen LogP contribution in [0, 0.1) is 6.92 Å². The highest BCUT2D eigenvalue weighted by atomic mass is 16.5. The summed E-state index contributed by atoms with van der Waals surface area (Å²) in [7, 11) is 0. The van der Waals surface area contributed by atoms with E-state index in [0.717, 1.165) is 66.7 Å². The van der Waals surface area contributed by atoms with Gasteiger partial charge in [-0.3, -0.25) is 9.69 Å². The quantitative estimate of drug-likeness (QED) is 0.281. The first kappa shape index (κ1) is 25.6. The maximum atomic E-state index is 13.8. The summed E-state index contributed by atoms with van der Waals surface area (Å²) < 4.78 is 8.13. The number of hydrogen-bond donors (Lipinski definition) is 0. The standard InChI is InChI=1S/C33H35N3O2/c1-3-38-32-19-11-10-18-30(32)36-26(2)29(25-31(36)28-16-8-5-9-17-28)33(37)35-23-21-34(22-24-35)20-12-15-27-13-6-4-7-14-27/h4-19,25H,3,20-24H2,1-2H3/b15-12+. The number of hydrogen-bond acceptors (Lipinski definition) is 3. The highest BCUT2D eigenvalue weighted by molar-refractivity contribution is 5.97. The van der Waals surface area contributed by atoms with Crippen molar-refractivity contribution in [3.63, 3.8) is 0 Å². The largest absolute Gasteiger partial charge is 0.492 e. The second-order valence-electron chi connectivity index (χ2n) is 9.54. The number of piperazine rings is 1. The molecule has 3 aromatic carbocycles. The lowest BCUT2D eigenvalue weighted by molar-refractivity contribution is 0.0649. The molecule has 1 aliphatic heterocycles. The summed E-state index contributed by atoms with van der Waals surface area (Å²) in [6.45, 7) is 8.66. The molecule has 5 nitrogen and oxygen atoms in total. The first-order valence-electron chi connectivity index (χ1n) is 13.4. The molecule has 2 heterocycles. The van der Waals surface area contributed by atoms with Crippen molar-refractivity contribution in [3.05, 3.63) is 114 Å². The summed E-state index contributed by atoms with van der Waals surface area (Å²) in [5.74, 6) is 0.897.